The van der Waals surface area contributed by atoms with Crippen molar-refractivity contribution in [3.8, 4) is 0 Å². The summed E-state index contributed by atoms with van der Waals surface area (Å²) in [7, 11) is 0. The van der Waals surface area contributed by atoms with Crippen molar-refractivity contribution >= 4 is 5.91 Å². The Labute approximate surface area is 170 Å². The number of pyridine rings is 1. The molecule has 1 N–H and O–H groups in total. The number of carbonyl (C=O) groups is 1. The third-order valence-electron chi connectivity index (χ3n) is 6.38. The Morgan fingerprint density at radius 3 is 2.93 bits per heavy atom. The van der Waals surface area contributed by atoms with Crippen LogP contribution < -0.4 is 10.9 Å². The van der Waals surface area contributed by atoms with Gasteiger partial charge < -0.3 is 14.8 Å². The van der Waals surface area contributed by atoms with Crippen LogP contribution in [0.3, 0.4) is 0 Å². The van der Waals surface area contributed by atoms with Crippen LogP contribution in [0.25, 0.3) is 0 Å². The second kappa shape index (κ2) is 8.44. The van der Waals surface area contributed by atoms with Gasteiger partial charge in [0.1, 0.15) is 12.4 Å². The number of tetrazole rings is 1. The van der Waals surface area contributed by atoms with E-state index in [1.807, 2.05) is 17.6 Å². The molecule has 0 aliphatic carbocycles. The van der Waals surface area contributed by atoms with Crippen LogP contribution in [0, 0.1) is 11.8 Å². The van der Waals surface area contributed by atoms with Crippen LogP contribution in [-0.2, 0) is 11.3 Å². The molecule has 0 spiro atoms. The topological polar surface area (TPSA) is 97.9 Å². The molecule has 4 rings (SSSR count). The molecule has 1 saturated heterocycles. The maximum Gasteiger partial charge on any atom is 0.250 e. The number of likely N-dealkylation sites (tertiary alicyclic amines) is 1. The summed E-state index contributed by atoms with van der Waals surface area (Å²) in [5.41, 5.74) is 1.26. The average Bonchev–Trinajstić information content (AvgIpc) is 3.23. The monoisotopic (exact) mass is 399 g/mol. The summed E-state index contributed by atoms with van der Waals surface area (Å²) in [5.74, 6) is 0.982. The first-order chi connectivity index (χ1) is 14.1. The van der Waals surface area contributed by atoms with E-state index in [4.69, 9.17) is 0 Å². The van der Waals surface area contributed by atoms with Crippen LogP contribution in [0.4, 0.5) is 0 Å². The highest BCUT2D eigenvalue weighted by Gasteiger charge is 2.34. The molecule has 1 amide bonds. The Morgan fingerprint density at radius 2 is 2.17 bits per heavy atom. The second-order valence-corrected chi connectivity index (χ2v) is 8.37. The lowest BCUT2D eigenvalue weighted by Gasteiger charge is -2.42. The fraction of sp³-hybridized carbons (Fsp3) is 0.650. The molecule has 4 atom stereocenters. The van der Waals surface area contributed by atoms with Crippen LogP contribution >= 0.6 is 0 Å². The molecule has 1 fully saturated rings. The lowest BCUT2D eigenvalue weighted by atomic mass is 9.83. The molecule has 4 heterocycles. The van der Waals surface area contributed by atoms with Crippen molar-refractivity contribution in [2.45, 2.75) is 45.2 Å². The van der Waals surface area contributed by atoms with Crippen molar-refractivity contribution in [2.75, 3.05) is 26.2 Å². The number of nitrogens with zero attached hydrogens (tertiary/aromatic N) is 6. The smallest absolute Gasteiger partial charge is 0.250 e. The zero-order valence-electron chi connectivity index (χ0n) is 17.1. The fourth-order valence-electron chi connectivity index (χ4n) is 4.78. The van der Waals surface area contributed by atoms with Gasteiger partial charge in [0.15, 0.2) is 0 Å². The summed E-state index contributed by atoms with van der Waals surface area (Å²) in [6.07, 6.45) is 3.51. The maximum atomic E-state index is 12.8. The Hall–Kier alpha value is -2.55. The fourth-order valence-corrected chi connectivity index (χ4v) is 4.78. The molecule has 2 aliphatic rings. The number of hydrogen-bond acceptors (Lipinski definition) is 6. The van der Waals surface area contributed by atoms with Gasteiger partial charge in [0.2, 0.25) is 5.91 Å². The molecular weight excluding hydrogens is 370 g/mol. The molecule has 2 unspecified atom stereocenters. The third kappa shape index (κ3) is 4.10. The largest absolute Gasteiger partial charge is 0.353 e. The molecule has 0 saturated carbocycles. The van der Waals surface area contributed by atoms with Crippen LogP contribution in [0.2, 0.25) is 0 Å². The van der Waals surface area contributed by atoms with E-state index in [0.29, 0.717) is 18.4 Å². The van der Waals surface area contributed by atoms with E-state index in [1.54, 1.807) is 10.7 Å². The highest BCUT2D eigenvalue weighted by atomic mass is 16.2. The van der Waals surface area contributed by atoms with E-state index in [9.17, 15) is 9.59 Å². The Balaban J connectivity index is 1.34. The summed E-state index contributed by atoms with van der Waals surface area (Å²) in [6, 6.07) is 5.20. The van der Waals surface area contributed by atoms with Crippen LogP contribution in [0.1, 0.15) is 44.3 Å². The van der Waals surface area contributed by atoms with Gasteiger partial charge in [-0.3, -0.25) is 9.59 Å². The van der Waals surface area contributed by atoms with Gasteiger partial charge in [-0.15, -0.1) is 5.10 Å². The van der Waals surface area contributed by atoms with E-state index >= 15 is 0 Å². The van der Waals surface area contributed by atoms with Crippen molar-refractivity contribution in [3.63, 3.8) is 0 Å². The molecule has 0 aromatic carbocycles. The summed E-state index contributed by atoms with van der Waals surface area (Å²) in [6.45, 7) is 8.19. The van der Waals surface area contributed by atoms with Crippen molar-refractivity contribution in [2.24, 2.45) is 11.8 Å². The standard InChI is InChI=1S/C20H29N7O2/c1-3-14(2)19(27-13-22-23-24-27)20(29)21-7-8-25-10-15-9-16(12-25)17-5-4-6-18(28)26(17)11-15/h4-6,13-16,19H,3,7-12H2,1-2H3,(H,21,29)/t14-,15?,16?,19-/m0/s1. The third-order valence-corrected chi connectivity index (χ3v) is 6.38. The Bertz CT molecular complexity index is 894. The van der Waals surface area contributed by atoms with Crippen molar-refractivity contribution in [1.82, 2.24) is 35.0 Å². The minimum atomic E-state index is -0.394. The minimum absolute atomic E-state index is 0.0410. The van der Waals surface area contributed by atoms with Crippen LogP contribution in [0.15, 0.2) is 29.3 Å². The van der Waals surface area contributed by atoms with E-state index in [1.165, 1.54) is 6.33 Å². The number of piperidine rings is 1. The normalized spacial score (nSPS) is 23.2. The zero-order chi connectivity index (χ0) is 20.4. The summed E-state index contributed by atoms with van der Waals surface area (Å²) >= 11 is 0. The van der Waals surface area contributed by atoms with Gasteiger partial charge in [-0.25, -0.2) is 4.68 Å². The Morgan fingerprint density at radius 1 is 1.31 bits per heavy atom. The van der Waals surface area contributed by atoms with Crippen molar-refractivity contribution in [1.29, 1.82) is 0 Å². The molecule has 2 aromatic heterocycles. The van der Waals surface area contributed by atoms with Crippen LogP contribution in [0.5, 0.6) is 0 Å². The van der Waals surface area contributed by atoms with Gasteiger partial charge in [0.05, 0.1) is 0 Å². The number of carbonyl (C=O) groups excluding carboxylic acids is 1. The molecular formula is C20H29N7O2. The first-order valence-electron chi connectivity index (χ1n) is 10.5. The summed E-state index contributed by atoms with van der Waals surface area (Å²) in [4.78, 5) is 27.4. The van der Waals surface area contributed by atoms with Gasteiger partial charge in [0.25, 0.3) is 5.56 Å². The van der Waals surface area contributed by atoms with Gasteiger partial charge in [-0.1, -0.05) is 26.3 Å². The molecule has 29 heavy (non-hydrogen) atoms. The zero-order valence-corrected chi connectivity index (χ0v) is 17.1. The first-order valence-corrected chi connectivity index (χ1v) is 10.5. The minimum Gasteiger partial charge on any atom is -0.353 e. The first kappa shape index (κ1) is 19.8. The van der Waals surface area contributed by atoms with Gasteiger partial charge >= 0.3 is 0 Å². The number of rotatable bonds is 7. The van der Waals surface area contributed by atoms with Gasteiger partial charge in [-0.05, 0) is 34.7 Å². The maximum absolute atomic E-state index is 12.8. The SMILES string of the molecule is CC[C@H](C)[C@@H](C(=O)NCCN1CC2CC(C1)c1cccc(=O)n1C2)n1cnnn1. The average molecular weight is 399 g/mol. The molecule has 2 bridgehead atoms. The lowest BCUT2D eigenvalue weighted by Crippen LogP contribution is -2.49. The number of aromatic nitrogens is 5. The van der Waals surface area contributed by atoms with E-state index < -0.39 is 6.04 Å². The highest BCUT2D eigenvalue weighted by Crippen LogP contribution is 2.34. The predicted molar refractivity (Wildman–Crippen MR) is 107 cm³/mol. The molecule has 9 nitrogen and oxygen atoms in total. The van der Waals surface area contributed by atoms with Gasteiger partial charge in [0, 0.05) is 50.4 Å². The highest BCUT2D eigenvalue weighted by molar-refractivity contribution is 5.80. The molecule has 9 heteroatoms. The quantitative estimate of drug-likeness (QED) is 0.734. The summed E-state index contributed by atoms with van der Waals surface area (Å²) < 4.78 is 3.49. The number of hydrogen-bond donors (Lipinski definition) is 1. The second-order valence-electron chi connectivity index (χ2n) is 8.37. The van der Waals surface area contributed by atoms with Crippen molar-refractivity contribution < 1.29 is 4.79 Å². The van der Waals surface area contributed by atoms with Crippen LogP contribution in [-0.4, -0.2) is 61.8 Å². The van der Waals surface area contributed by atoms with Gasteiger partial charge in [-0.2, -0.15) is 0 Å². The summed E-state index contributed by atoms with van der Waals surface area (Å²) in [5, 5.41) is 14.3. The number of amides is 1. The molecule has 0 radical (unpaired) electrons. The van der Waals surface area contributed by atoms with E-state index in [2.05, 4.69) is 38.7 Å². The number of nitrogens with one attached hydrogen (secondary N) is 1. The molecule has 156 valence electrons. The van der Waals surface area contributed by atoms with Crippen molar-refractivity contribution in [3.05, 3.63) is 40.6 Å². The van der Waals surface area contributed by atoms with E-state index in [0.717, 1.165) is 44.7 Å². The molecule has 2 aliphatic heterocycles. The predicted octanol–water partition coefficient (Wildman–Crippen LogP) is 0.658. The lowest BCUT2D eigenvalue weighted by molar-refractivity contribution is -0.126. The number of fused-ring (bicyclic) bond motifs is 4. The molecule has 2 aromatic rings. The Kier molecular flexibility index (Phi) is 5.75. The van der Waals surface area contributed by atoms with E-state index in [-0.39, 0.29) is 17.4 Å².